The van der Waals surface area contributed by atoms with Crippen molar-refractivity contribution < 1.29 is 9.53 Å². The highest BCUT2D eigenvalue weighted by molar-refractivity contribution is 9.10. The molecule has 104 valence electrons. The van der Waals surface area contributed by atoms with E-state index in [1.807, 2.05) is 29.2 Å². The Kier molecular flexibility index (Phi) is 4.82. The number of nitrogens with two attached hydrogens (primary N) is 1. The Morgan fingerprint density at radius 3 is 2.79 bits per heavy atom. The van der Waals surface area contributed by atoms with Crippen LogP contribution in [-0.4, -0.2) is 36.5 Å². The molecule has 5 heteroatoms. The highest BCUT2D eigenvalue weighted by Gasteiger charge is 2.29. The highest BCUT2D eigenvalue weighted by Crippen LogP contribution is 2.20. The monoisotopic (exact) mass is 326 g/mol. The van der Waals surface area contributed by atoms with Gasteiger partial charge in [-0.05, 0) is 50.1 Å². The average molecular weight is 327 g/mol. The van der Waals surface area contributed by atoms with Crippen LogP contribution in [0.3, 0.4) is 0 Å². The first-order chi connectivity index (χ1) is 9.10. The third-order valence-electron chi connectivity index (χ3n) is 3.41. The van der Waals surface area contributed by atoms with Crippen molar-refractivity contribution in [2.75, 3.05) is 19.6 Å². The summed E-state index contributed by atoms with van der Waals surface area (Å²) >= 11 is 3.37. The number of ether oxygens (including phenoxy) is 1. The molecule has 0 aromatic heterocycles. The van der Waals surface area contributed by atoms with Gasteiger partial charge in [-0.2, -0.15) is 0 Å². The molecule has 0 saturated carbocycles. The number of hydrogen-bond acceptors (Lipinski definition) is 3. The fourth-order valence-electron chi connectivity index (χ4n) is 2.25. The predicted molar refractivity (Wildman–Crippen MR) is 78.0 cm³/mol. The first kappa shape index (κ1) is 14.3. The van der Waals surface area contributed by atoms with Crippen molar-refractivity contribution in [2.24, 2.45) is 11.7 Å². The molecule has 1 fully saturated rings. The summed E-state index contributed by atoms with van der Waals surface area (Å²) in [5.41, 5.74) is 5.64. The van der Waals surface area contributed by atoms with Crippen LogP contribution >= 0.6 is 15.9 Å². The van der Waals surface area contributed by atoms with Crippen LogP contribution in [-0.2, 0) is 4.79 Å². The van der Waals surface area contributed by atoms with Gasteiger partial charge in [0.15, 0.2) is 6.10 Å². The number of hydrogen-bond donors (Lipinski definition) is 1. The molecule has 1 aliphatic heterocycles. The van der Waals surface area contributed by atoms with E-state index < -0.39 is 6.10 Å². The van der Waals surface area contributed by atoms with Crippen molar-refractivity contribution in [3.8, 4) is 5.75 Å². The molecule has 0 aliphatic carbocycles. The number of nitrogens with zero attached hydrogens (tertiary/aromatic N) is 1. The fraction of sp³-hybridized carbons (Fsp3) is 0.500. The van der Waals surface area contributed by atoms with Crippen molar-refractivity contribution in [1.82, 2.24) is 4.90 Å². The van der Waals surface area contributed by atoms with E-state index in [0.29, 0.717) is 18.2 Å². The zero-order chi connectivity index (χ0) is 13.8. The van der Waals surface area contributed by atoms with E-state index in [1.54, 1.807) is 6.92 Å². The van der Waals surface area contributed by atoms with Crippen LogP contribution in [0.2, 0.25) is 0 Å². The van der Waals surface area contributed by atoms with E-state index in [9.17, 15) is 4.79 Å². The molecular formula is C14H19BrN2O2. The first-order valence-electron chi connectivity index (χ1n) is 6.51. The Morgan fingerprint density at radius 1 is 1.53 bits per heavy atom. The Hall–Kier alpha value is -1.07. The molecule has 2 atom stereocenters. The van der Waals surface area contributed by atoms with E-state index in [-0.39, 0.29) is 5.91 Å². The average Bonchev–Trinajstić information content (AvgIpc) is 2.89. The maximum Gasteiger partial charge on any atom is 0.263 e. The second kappa shape index (κ2) is 6.39. The molecule has 0 unspecified atom stereocenters. The van der Waals surface area contributed by atoms with Crippen molar-refractivity contribution in [2.45, 2.75) is 19.4 Å². The largest absolute Gasteiger partial charge is 0.481 e. The first-order valence-corrected chi connectivity index (χ1v) is 7.30. The molecule has 4 nitrogen and oxygen atoms in total. The number of halogens is 1. The summed E-state index contributed by atoms with van der Waals surface area (Å²) in [4.78, 5) is 14.1. The Morgan fingerprint density at radius 2 is 2.21 bits per heavy atom. The Bertz CT molecular complexity index is 436. The SMILES string of the molecule is C[C@@H](Oc1ccc(Br)cc1)C(=O)N1CC[C@@H](CN)C1. The van der Waals surface area contributed by atoms with Gasteiger partial charge in [-0.1, -0.05) is 15.9 Å². The van der Waals surface area contributed by atoms with Gasteiger partial charge in [0, 0.05) is 17.6 Å². The van der Waals surface area contributed by atoms with Gasteiger partial charge in [0.25, 0.3) is 5.91 Å². The summed E-state index contributed by atoms with van der Waals surface area (Å²) in [5, 5.41) is 0. The molecule has 1 aliphatic rings. The normalized spacial score (nSPS) is 20.4. The van der Waals surface area contributed by atoms with Crippen molar-refractivity contribution >= 4 is 21.8 Å². The van der Waals surface area contributed by atoms with Gasteiger partial charge >= 0.3 is 0 Å². The molecule has 0 bridgehead atoms. The third-order valence-corrected chi connectivity index (χ3v) is 3.93. The van der Waals surface area contributed by atoms with Gasteiger partial charge < -0.3 is 15.4 Å². The Labute approximate surface area is 122 Å². The van der Waals surface area contributed by atoms with Gasteiger partial charge in [0.2, 0.25) is 0 Å². The van der Waals surface area contributed by atoms with E-state index in [1.165, 1.54) is 0 Å². The molecule has 1 heterocycles. The molecule has 2 N–H and O–H groups in total. The lowest BCUT2D eigenvalue weighted by molar-refractivity contribution is -0.136. The van der Waals surface area contributed by atoms with Crippen LogP contribution in [0.5, 0.6) is 5.75 Å². The molecule has 1 aromatic carbocycles. The van der Waals surface area contributed by atoms with Gasteiger partial charge in [0.1, 0.15) is 5.75 Å². The number of rotatable bonds is 4. The minimum Gasteiger partial charge on any atom is -0.481 e. The number of carbonyl (C=O) groups is 1. The van der Waals surface area contributed by atoms with Gasteiger partial charge in [-0.25, -0.2) is 0 Å². The maximum atomic E-state index is 12.2. The molecule has 2 rings (SSSR count). The smallest absolute Gasteiger partial charge is 0.263 e. The van der Waals surface area contributed by atoms with Crippen molar-refractivity contribution in [1.29, 1.82) is 0 Å². The molecule has 1 aromatic rings. The summed E-state index contributed by atoms with van der Waals surface area (Å²) in [6.45, 7) is 3.98. The third kappa shape index (κ3) is 3.70. The minimum atomic E-state index is -0.460. The lowest BCUT2D eigenvalue weighted by atomic mass is 10.1. The van der Waals surface area contributed by atoms with E-state index in [4.69, 9.17) is 10.5 Å². The van der Waals surface area contributed by atoms with Gasteiger partial charge in [-0.3, -0.25) is 4.79 Å². The van der Waals surface area contributed by atoms with Gasteiger partial charge in [-0.15, -0.1) is 0 Å². The summed E-state index contributed by atoms with van der Waals surface area (Å²) in [6.07, 6.45) is 0.533. The van der Waals surface area contributed by atoms with Crippen LogP contribution in [0.1, 0.15) is 13.3 Å². The van der Waals surface area contributed by atoms with E-state index in [0.717, 1.165) is 24.0 Å². The molecule has 0 radical (unpaired) electrons. The topological polar surface area (TPSA) is 55.6 Å². The van der Waals surface area contributed by atoms with Crippen LogP contribution in [0.25, 0.3) is 0 Å². The van der Waals surface area contributed by atoms with E-state index in [2.05, 4.69) is 15.9 Å². The number of carbonyl (C=O) groups excluding carboxylic acids is 1. The predicted octanol–water partition coefficient (Wildman–Crippen LogP) is 2.02. The van der Waals surface area contributed by atoms with Crippen LogP contribution in [0.15, 0.2) is 28.7 Å². The van der Waals surface area contributed by atoms with Crippen molar-refractivity contribution in [3.05, 3.63) is 28.7 Å². The number of amides is 1. The summed E-state index contributed by atoms with van der Waals surface area (Å²) in [5.74, 6) is 1.18. The Balaban J connectivity index is 1.91. The number of likely N-dealkylation sites (tertiary alicyclic amines) is 1. The zero-order valence-electron chi connectivity index (χ0n) is 11.0. The highest BCUT2D eigenvalue weighted by atomic mass is 79.9. The molecule has 0 spiro atoms. The van der Waals surface area contributed by atoms with Crippen LogP contribution in [0.4, 0.5) is 0 Å². The van der Waals surface area contributed by atoms with Gasteiger partial charge in [0.05, 0.1) is 0 Å². The minimum absolute atomic E-state index is 0.0406. The van der Waals surface area contributed by atoms with Crippen molar-refractivity contribution in [3.63, 3.8) is 0 Å². The lowest BCUT2D eigenvalue weighted by Gasteiger charge is -2.21. The van der Waals surface area contributed by atoms with Crippen LogP contribution in [0, 0.1) is 5.92 Å². The molecule has 1 saturated heterocycles. The number of benzene rings is 1. The molecular weight excluding hydrogens is 308 g/mol. The molecule has 19 heavy (non-hydrogen) atoms. The standard InChI is InChI=1S/C14H19BrN2O2/c1-10(19-13-4-2-12(15)3-5-13)14(18)17-7-6-11(8-16)9-17/h2-5,10-11H,6-9,16H2,1H3/t10-,11+/m1/s1. The summed E-state index contributed by atoms with van der Waals surface area (Å²) in [7, 11) is 0. The second-order valence-corrected chi connectivity index (χ2v) is 5.80. The fourth-order valence-corrected chi connectivity index (χ4v) is 2.51. The molecule has 1 amide bonds. The zero-order valence-corrected chi connectivity index (χ0v) is 12.6. The summed E-state index contributed by atoms with van der Waals surface area (Å²) in [6, 6.07) is 7.49. The summed E-state index contributed by atoms with van der Waals surface area (Å²) < 4.78 is 6.66. The lowest BCUT2D eigenvalue weighted by Crippen LogP contribution is -2.39. The van der Waals surface area contributed by atoms with Crippen LogP contribution < -0.4 is 10.5 Å². The quantitative estimate of drug-likeness (QED) is 0.921. The van der Waals surface area contributed by atoms with E-state index >= 15 is 0 Å². The maximum absolute atomic E-state index is 12.2. The second-order valence-electron chi connectivity index (χ2n) is 4.89.